The van der Waals surface area contributed by atoms with E-state index in [0.717, 1.165) is 43.4 Å². The summed E-state index contributed by atoms with van der Waals surface area (Å²) in [6, 6.07) is 0. The molecule has 12 heteroatoms. The van der Waals surface area contributed by atoms with Gasteiger partial charge in [0.05, 0.1) is 27.1 Å². The van der Waals surface area contributed by atoms with Crippen LogP contribution in [0.15, 0.2) is 23.4 Å². The van der Waals surface area contributed by atoms with Crippen LogP contribution in [0.1, 0.15) is 43.6 Å². The van der Waals surface area contributed by atoms with Crippen molar-refractivity contribution in [2.75, 3.05) is 35.7 Å². The summed E-state index contributed by atoms with van der Waals surface area (Å²) in [4.78, 5) is 32.2. The molecule has 0 aromatic carbocycles. The van der Waals surface area contributed by atoms with E-state index >= 15 is 0 Å². The lowest BCUT2D eigenvalue weighted by atomic mass is 9.99. The van der Waals surface area contributed by atoms with Crippen molar-refractivity contribution in [3.05, 3.63) is 35.0 Å². The minimum atomic E-state index is -1.16. The number of amides is 1. The average molecular weight is 504 g/mol. The summed E-state index contributed by atoms with van der Waals surface area (Å²) in [6.45, 7) is 1.47. The first-order valence-corrected chi connectivity index (χ1v) is 13.0. The molecule has 4 heterocycles. The number of hydrogen-bond acceptors (Lipinski definition) is 9. The van der Waals surface area contributed by atoms with E-state index in [1.807, 2.05) is 0 Å². The molecule has 2 aromatic rings. The van der Waals surface area contributed by atoms with Gasteiger partial charge in [0, 0.05) is 37.7 Å². The van der Waals surface area contributed by atoms with E-state index in [-0.39, 0.29) is 6.61 Å². The molecule has 10 nitrogen and oxygen atoms in total. The third kappa shape index (κ3) is 4.72. The van der Waals surface area contributed by atoms with E-state index in [1.165, 1.54) is 0 Å². The number of aromatic nitrogens is 4. The third-order valence-electron chi connectivity index (χ3n) is 6.51. The molecule has 3 aliphatic rings. The summed E-state index contributed by atoms with van der Waals surface area (Å²) in [5, 5.41) is 4.01. The molecule has 1 aliphatic carbocycles. The maximum atomic E-state index is 12.8. The highest BCUT2D eigenvalue weighted by Gasteiger charge is 2.38. The number of rotatable bonds is 6. The van der Waals surface area contributed by atoms with Gasteiger partial charge in [0.15, 0.2) is 5.82 Å². The normalized spacial score (nSPS) is 21.1. The second-order valence-electron chi connectivity index (χ2n) is 8.82. The van der Waals surface area contributed by atoms with Gasteiger partial charge in [0.1, 0.15) is 17.3 Å². The zero-order valence-corrected chi connectivity index (χ0v) is 20.2. The minimum Gasteiger partial charge on any atom is -0.447 e. The summed E-state index contributed by atoms with van der Waals surface area (Å²) in [6.07, 6.45) is 9.50. The predicted molar refractivity (Wildman–Crippen MR) is 129 cm³/mol. The Bertz CT molecular complexity index is 1150. The van der Waals surface area contributed by atoms with Gasteiger partial charge in [-0.1, -0.05) is 30.5 Å². The highest BCUT2D eigenvalue weighted by Crippen LogP contribution is 2.37. The molecule has 1 unspecified atom stereocenters. The fraction of sp³-hybridized carbons (Fsp3) is 0.500. The molecule has 3 N–H and O–H groups in total. The smallest absolute Gasteiger partial charge is 0.404 e. The molecule has 2 aliphatic heterocycles. The van der Waals surface area contributed by atoms with Gasteiger partial charge < -0.3 is 20.7 Å². The van der Waals surface area contributed by atoms with Crippen LogP contribution in [-0.2, 0) is 22.0 Å². The number of carbonyl (C=O) groups is 1. The van der Waals surface area contributed by atoms with Crippen molar-refractivity contribution in [2.45, 2.75) is 49.0 Å². The summed E-state index contributed by atoms with van der Waals surface area (Å²) < 4.78 is 18.0. The Morgan fingerprint density at radius 2 is 2.00 bits per heavy atom. The first-order valence-electron chi connectivity index (χ1n) is 11.3. The van der Waals surface area contributed by atoms with E-state index in [9.17, 15) is 9.00 Å². The summed E-state index contributed by atoms with van der Waals surface area (Å²) >= 11 is 5.90. The first-order chi connectivity index (χ1) is 16.4. The van der Waals surface area contributed by atoms with Gasteiger partial charge in [0.2, 0.25) is 5.95 Å². The van der Waals surface area contributed by atoms with Gasteiger partial charge in [-0.3, -0.25) is 4.21 Å². The van der Waals surface area contributed by atoms with E-state index in [1.54, 1.807) is 12.4 Å². The lowest BCUT2D eigenvalue weighted by Gasteiger charge is -2.32. The maximum absolute atomic E-state index is 12.8. The molecular formula is C22H26ClN7O3S. The maximum Gasteiger partial charge on any atom is 0.404 e. The van der Waals surface area contributed by atoms with Gasteiger partial charge in [0.25, 0.3) is 0 Å². The van der Waals surface area contributed by atoms with Crippen LogP contribution >= 0.6 is 11.6 Å². The van der Waals surface area contributed by atoms with Crippen LogP contribution in [0.4, 0.5) is 16.6 Å². The van der Waals surface area contributed by atoms with Crippen LogP contribution < -0.4 is 16.0 Å². The van der Waals surface area contributed by atoms with Gasteiger partial charge in [-0.15, -0.1) is 0 Å². The zero-order valence-electron chi connectivity index (χ0n) is 18.6. The number of hydrogen-bond donors (Lipinski definition) is 2. The average Bonchev–Trinajstić information content (AvgIpc) is 3.45. The first kappa shape index (κ1) is 23.0. The SMILES string of the molecule is NC(=O)OCC1(Nc2nc(N3CC=C(c4ncc(Cl)cn4)CC3)nc3c2S(=O)CC3)CCCC1. The predicted octanol–water partition coefficient (Wildman–Crippen LogP) is 2.70. The van der Waals surface area contributed by atoms with Crippen LogP contribution in [0.3, 0.4) is 0 Å². The number of nitrogens with zero attached hydrogens (tertiary/aromatic N) is 5. The number of carbonyl (C=O) groups excluding carboxylic acids is 1. The largest absolute Gasteiger partial charge is 0.447 e. The van der Waals surface area contributed by atoms with Crippen LogP contribution in [-0.4, -0.2) is 61.2 Å². The van der Waals surface area contributed by atoms with Gasteiger partial charge in [-0.2, -0.15) is 4.98 Å². The number of nitrogens with one attached hydrogen (secondary N) is 1. The highest BCUT2D eigenvalue weighted by atomic mass is 35.5. The topological polar surface area (TPSA) is 136 Å². The molecular weight excluding hydrogens is 478 g/mol. The number of primary amides is 1. The van der Waals surface area contributed by atoms with E-state index < -0.39 is 22.4 Å². The Labute approximate surface area is 204 Å². The Morgan fingerprint density at radius 1 is 1.24 bits per heavy atom. The lowest BCUT2D eigenvalue weighted by Crippen LogP contribution is -2.42. The second-order valence-corrected chi connectivity index (χ2v) is 10.8. The van der Waals surface area contributed by atoms with Crippen LogP contribution in [0.25, 0.3) is 5.57 Å². The van der Waals surface area contributed by atoms with E-state index in [0.29, 0.717) is 52.8 Å². The fourth-order valence-corrected chi connectivity index (χ4v) is 6.16. The van der Waals surface area contributed by atoms with Gasteiger partial charge in [-0.05, 0) is 24.8 Å². The molecule has 2 aromatic heterocycles. The van der Waals surface area contributed by atoms with Gasteiger partial charge in [-0.25, -0.2) is 19.7 Å². The molecule has 0 bridgehead atoms. The Balaban J connectivity index is 1.41. The molecule has 180 valence electrons. The molecule has 0 saturated heterocycles. The Hall–Kier alpha value is -2.79. The molecule has 5 rings (SSSR count). The van der Waals surface area contributed by atoms with Crippen molar-refractivity contribution in [1.29, 1.82) is 0 Å². The van der Waals surface area contributed by atoms with Crippen molar-refractivity contribution >= 4 is 45.8 Å². The lowest BCUT2D eigenvalue weighted by molar-refractivity contribution is 0.132. The monoisotopic (exact) mass is 503 g/mol. The summed E-state index contributed by atoms with van der Waals surface area (Å²) in [5.74, 6) is 2.37. The molecule has 0 radical (unpaired) electrons. The fourth-order valence-electron chi connectivity index (χ4n) is 4.76. The van der Waals surface area contributed by atoms with E-state index in [4.69, 9.17) is 32.0 Å². The molecule has 34 heavy (non-hydrogen) atoms. The van der Waals surface area contributed by atoms with Gasteiger partial charge >= 0.3 is 6.09 Å². The Kier molecular flexibility index (Phi) is 6.39. The number of ether oxygens (including phenoxy) is 1. The van der Waals surface area contributed by atoms with Crippen molar-refractivity contribution in [2.24, 2.45) is 5.73 Å². The summed E-state index contributed by atoms with van der Waals surface area (Å²) in [7, 11) is -1.16. The molecule has 1 amide bonds. The number of fused-ring (bicyclic) bond motifs is 1. The van der Waals surface area contributed by atoms with Crippen molar-refractivity contribution in [1.82, 2.24) is 19.9 Å². The standard InChI is InChI=1S/C22H26ClN7O3S/c23-15-11-25-18(26-12-15)14-3-8-30(9-4-14)21-27-16-5-10-34(32)17(16)19(28-21)29-22(6-1-2-7-22)13-33-20(24)31/h3,11-12H,1-2,4-10,13H2,(H2,24,31)(H,27,28,29). The quantitative estimate of drug-likeness (QED) is 0.609. The third-order valence-corrected chi connectivity index (χ3v) is 8.16. The highest BCUT2D eigenvalue weighted by molar-refractivity contribution is 7.85. The van der Waals surface area contributed by atoms with Crippen molar-refractivity contribution < 1.29 is 13.7 Å². The second kappa shape index (κ2) is 9.46. The molecule has 1 saturated carbocycles. The molecule has 0 spiro atoms. The van der Waals surface area contributed by atoms with Crippen LogP contribution in [0.5, 0.6) is 0 Å². The number of anilines is 2. The number of aryl methyl sites for hydroxylation is 1. The van der Waals surface area contributed by atoms with E-state index in [2.05, 4.69) is 26.3 Å². The van der Waals surface area contributed by atoms with Crippen molar-refractivity contribution in [3.8, 4) is 0 Å². The summed E-state index contributed by atoms with van der Waals surface area (Å²) in [5.41, 5.74) is 6.62. The number of halogens is 1. The minimum absolute atomic E-state index is 0.153. The Morgan fingerprint density at radius 3 is 2.68 bits per heavy atom. The van der Waals surface area contributed by atoms with Crippen LogP contribution in [0.2, 0.25) is 5.02 Å². The molecule has 1 fully saturated rings. The van der Waals surface area contributed by atoms with Crippen molar-refractivity contribution in [3.63, 3.8) is 0 Å². The van der Waals surface area contributed by atoms with Crippen LogP contribution in [0, 0.1) is 0 Å². The number of nitrogens with two attached hydrogens (primary N) is 1. The molecule has 1 atom stereocenters. The zero-order chi connectivity index (χ0) is 23.7.